The van der Waals surface area contributed by atoms with E-state index < -0.39 is 118 Å². The number of ether oxygens (including phenoxy) is 5. The summed E-state index contributed by atoms with van der Waals surface area (Å²) in [6, 6.07) is 0. The standard InChI is InChI=1S/C34H44O13/c1-13-9-22-33(7,34(8,42)30(41)47-22)25-23(13)32(6)21(43-14(2)36)11-18(17(12-35)24(32)27(25)44-15(3)37)31(5)19(29(39)40)10-20-26(46-20)28(31)45-16(4)38/h9,12-13,17-21,23-28,42H,10-11H2,1-8H3,(H,39,40)/t13?,17?,18?,19?,20-,21-,23?,24?,25?,26-,27?,28-,31+,32+,33-,34+/m0/s1. The number of carboxylic acid groups (broad SMARTS) is 1. The summed E-state index contributed by atoms with van der Waals surface area (Å²) in [4.78, 5) is 77.8. The summed E-state index contributed by atoms with van der Waals surface area (Å²) in [6.45, 7) is 12.2. The number of aldehydes is 1. The lowest BCUT2D eigenvalue weighted by Crippen LogP contribution is -2.63. The van der Waals surface area contributed by atoms with E-state index in [0.717, 1.165) is 6.29 Å². The van der Waals surface area contributed by atoms with Crippen LogP contribution in [0, 0.1) is 57.7 Å². The maximum absolute atomic E-state index is 13.6. The van der Waals surface area contributed by atoms with E-state index in [2.05, 4.69) is 0 Å². The smallest absolute Gasteiger partial charge is 0.343 e. The molecule has 2 N–H and O–H groups in total. The highest BCUT2D eigenvalue weighted by Gasteiger charge is 2.80. The number of aliphatic hydroxyl groups is 1. The molecule has 2 heterocycles. The van der Waals surface area contributed by atoms with Gasteiger partial charge < -0.3 is 38.7 Å². The fraction of sp³-hybridized carbons (Fsp3) is 0.765. The SMILES string of the molecule is CC(=O)OC1C2C(C=O)C([C@]3(C)C(C(=O)O)C[C@@H]4O[C@@H]4[C@@H]3OC(C)=O)C[C@H](OC(C)=O)[C@]2(C)C2C(C)C=C3OC(=O)[C@@](C)(O)[C@]3(C)C12. The van der Waals surface area contributed by atoms with Crippen LogP contribution in [0.4, 0.5) is 0 Å². The molecular weight excluding hydrogens is 616 g/mol. The fourth-order valence-corrected chi connectivity index (χ4v) is 11.1. The van der Waals surface area contributed by atoms with Gasteiger partial charge in [-0.2, -0.15) is 0 Å². The van der Waals surface area contributed by atoms with E-state index in [1.807, 2.05) is 13.8 Å². The van der Waals surface area contributed by atoms with Crippen molar-refractivity contribution in [1.82, 2.24) is 0 Å². The van der Waals surface area contributed by atoms with Crippen molar-refractivity contribution in [2.24, 2.45) is 57.7 Å². The Morgan fingerprint density at radius 2 is 1.53 bits per heavy atom. The van der Waals surface area contributed by atoms with Gasteiger partial charge in [0, 0.05) is 49.4 Å². The first-order valence-electron chi connectivity index (χ1n) is 16.3. The van der Waals surface area contributed by atoms with Crippen LogP contribution in [0.2, 0.25) is 0 Å². The largest absolute Gasteiger partial charge is 0.481 e. The molecule has 2 saturated heterocycles. The Bertz CT molecular complexity index is 1470. The molecule has 5 fully saturated rings. The minimum Gasteiger partial charge on any atom is -0.481 e. The second kappa shape index (κ2) is 10.6. The van der Waals surface area contributed by atoms with Crippen LogP contribution in [0.5, 0.6) is 0 Å². The molecule has 2 aliphatic heterocycles. The lowest BCUT2D eigenvalue weighted by Gasteiger charge is -2.58. The summed E-state index contributed by atoms with van der Waals surface area (Å²) in [5.74, 6) is -9.14. The minimum absolute atomic E-state index is 0.0350. The van der Waals surface area contributed by atoms with E-state index in [-0.39, 0.29) is 24.5 Å². The van der Waals surface area contributed by atoms with E-state index in [1.165, 1.54) is 27.7 Å². The molecule has 6 aliphatic rings. The third-order valence-electron chi connectivity index (χ3n) is 13.3. The number of fused-ring (bicyclic) bond motifs is 6. The average molecular weight is 661 g/mol. The van der Waals surface area contributed by atoms with Crippen molar-refractivity contribution in [2.75, 3.05) is 0 Å². The highest BCUT2D eigenvalue weighted by Crippen LogP contribution is 2.74. The Hall–Kier alpha value is -3.32. The van der Waals surface area contributed by atoms with E-state index in [9.17, 15) is 39.0 Å². The van der Waals surface area contributed by atoms with Crippen molar-refractivity contribution in [3.05, 3.63) is 11.8 Å². The first-order valence-corrected chi connectivity index (χ1v) is 16.3. The van der Waals surface area contributed by atoms with Gasteiger partial charge in [0.2, 0.25) is 0 Å². The number of rotatable bonds is 6. The zero-order valence-electron chi connectivity index (χ0n) is 27.9. The van der Waals surface area contributed by atoms with Crippen LogP contribution in [-0.4, -0.2) is 82.5 Å². The molecule has 16 atom stereocenters. The summed E-state index contributed by atoms with van der Waals surface area (Å²) >= 11 is 0. The van der Waals surface area contributed by atoms with E-state index in [0.29, 0.717) is 0 Å². The van der Waals surface area contributed by atoms with Crippen molar-refractivity contribution in [3.63, 3.8) is 0 Å². The molecule has 13 heteroatoms. The van der Waals surface area contributed by atoms with Crippen molar-refractivity contribution in [3.8, 4) is 0 Å². The van der Waals surface area contributed by atoms with Crippen LogP contribution in [-0.2, 0) is 52.5 Å². The third-order valence-corrected chi connectivity index (χ3v) is 13.3. The summed E-state index contributed by atoms with van der Waals surface area (Å²) in [7, 11) is 0. The first kappa shape index (κ1) is 33.6. The summed E-state index contributed by atoms with van der Waals surface area (Å²) in [5.41, 5.74) is -5.91. The van der Waals surface area contributed by atoms with E-state index in [1.54, 1.807) is 19.9 Å². The molecule has 6 rings (SSSR count). The van der Waals surface area contributed by atoms with Gasteiger partial charge in [0.25, 0.3) is 0 Å². The minimum atomic E-state index is -2.04. The highest BCUT2D eigenvalue weighted by atomic mass is 16.6. The predicted molar refractivity (Wildman–Crippen MR) is 157 cm³/mol. The Kier molecular flexibility index (Phi) is 7.56. The monoisotopic (exact) mass is 660 g/mol. The summed E-state index contributed by atoms with van der Waals surface area (Å²) in [6.07, 6.45) is -1.38. The van der Waals surface area contributed by atoms with Gasteiger partial charge in [-0.05, 0) is 50.5 Å². The van der Waals surface area contributed by atoms with Gasteiger partial charge in [-0.25, -0.2) is 4.79 Å². The van der Waals surface area contributed by atoms with E-state index in [4.69, 9.17) is 23.7 Å². The molecule has 0 radical (unpaired) electrons. The van der Waals surface area contributed by atoms with Crippen LogP contribution >= 0.6 is 0 Å². The van der Waals surface area contributed by atoms with Gasteiger partial charge >= 0.3 is 29.8 Å². The Balaban J connectivity index is 1.59. The average Bonchev–Trinajstić information content (AvgIpc) is 3.64. The lowest BCUT2D eigenvalue weighted by atomic mass is 9.46. The third kappa shape index (κ3) is 4.33. The first-order chi connectivity index (χ1) is 21.8. The molecule has 0 aromatic rings. The highest BCUT2D eigenvalue weighted by molar-refractivity contribution is 5.85. The van der Waals surface area contributed by atoms with Crippen molar-refractivity contribution >= 4 is 36.1 Å². The Morgan fingerprint density at radius 1 is 0.915 bits per heavy atom. The lowest BCUT2D eigenvalue weighted by molar-refractivity contribution is -0.209. The van der Waals surface area contributed by atoms with Gasteiger partial charge in [-0.15, -0.1) is 0 Å². The fourth-order valence-electron chi connectivity index (χ4n) is 11.1. The predicted octanol–water partition coefficient (Wildman–Crippen LogP) is 2.21. The summed E-state index contributed by atoms with van der Waals surface area (Å²) in [5, 5.41) is 22.3. The van der Waals surface area contributed by atoms with Crippen LogP contribution in [0.25, 0.3) is 0 Å². The number of aliphatic carboxylic acids is 1. The normalized spacial score (nSPS) is 50.7. The molecule has 0 aromatic heterocycles. The molecule has 0 spiro atoms. The number of carbonyl (C=O) groups excluding carboxylic acids is 5. The second-order valence-electron chi connectivity index (χ2n) is 15.4. The molecule has 13 nitrogen and oxygen atoms in total. The maximum atomic E-state index is 13.6. The summed E-state index contributed by atoms with van der Waals surface area (Å²) < 4.78 is 29.5. The second-order valence-corrected chi connectivity index (χ2v) is 15.4. The van der Waals surface area contributed by atoms with Crippen molar-refractivity contribution < 1.29 is 62.7 Å². The molecule has 4 aliphatic carbocycles. The van der Waals surface area contributed by atoms with Crippen LogP contribution in [0.1, 0.15) is 68.2 Å². The van der Waals surface area contributed by atoms with Gasteiger partial charge in [-0.1, -0.05) is 20.8 Å². The Morgan fingerprint density at radius 3 is 2.09 bits per heavy atom. The zero-order chi connectivity index (χ0) is 34.8. The molecular formula is C34H44O13. The molecule has 0 aromatic carbocycles. The quantitative estimate of drug-likeness (QED) is 0.183. The number of hydrogen-bond donors (Lipinski definition) is 2. The Labute approximate surface area is 272 Å². The maximum Gasteiger partial charge on any atom is 0.343 e. The number of carbonyl (C=O) groups is 6. The number of esters is 4. The molecule has 47 heavy (non-hydrogen) atoms. The molecule has 258 valence electrons. The molecule has 0 amide bonds. The van der Waals surface area contributed by atoms with E-state index >= 15 is 0 Å². The number of hydrogen-bond acceptors (Lipinski definition) is 12. The van der Waals surface area contributed by atoms with Crippen molar-refractivity contribution in [2.45, 2.75) is 104 Å². The van der Waals surface area contributed by atoms with Gasteiger partial charge in [-0.3, -0.25) is 19.2 Å². The number of allylic oxidation sites excluding steroid dienone is 1. The topological polar surface area (TPSA) is 192 Å². The van der Waals surface area contributed by atoms with Crippen LogP contribution in [0.3, 0.4) is 0 Å². The molecule has 0 bridgehead atoms. The number of carboxylic acids is 1. The van der Waals surface area contributed by atoms with Gasteiger partial charge in [0.15, 0.2) is 5.60 Å². The molecule has 8 unspecified atom stereocenters. The van der Waals surface area contributed by atoms with Crippen LogP contribution < -0.4 is 0 Å². The van der Waals surface area contributed by atoms with Gasteiger partial charge in [0.05, 0.1) is 17.4 Å². The van der Waals surface area contributed by atoms with Crippen LogP contribution in [0.15, 0.2) is 11.8 Å². The van der Waals surface area contributed by atoms with Gasteiger partial charge in [0.1, 0.15) is 36.5 Å². The molecule has 3 saturated carbocycles. The van der Waals surface area contributed by atoms with Crippen molar-refractivity contribution in [1.29, 1.82) is 0 Å². The zero-order valence-corrected chi connectivity index (χ0v) is 27.9. The number of epoxide rings is 1.